The van der Waals surface area contributed by atoms with E-state index in [0.29, 0.717) is 22.1 Å². The first-order chi connectivity index (χ1) is 13.9. The molecule has 2 heterocycles. The molecule has 1 saturated heterocycles. The van der Waals surface area contributed by atoms with Gasteiger partial charge in [-0.15, -0.1) is 0 Å². The molecule has 3 rings (SSSR count). The lowest BCUT2D eigenvalue weighted by Crippen LogP contribution is -2.48. The summed E-state index contributed by atoms with van der Waals surface area (Å²) >= 11 is 12.3. The monoisotopic (exact) mass is 434 g/mol. The summed E-state index contributed by atoms with van der Waals surface area (Å²) < 4.78 is 0. The molecular weight excluding hydrogens is 415 g/mol. The molecule has 0 atom stereocenters. The standard InChI is InChI=1S/C20H20Cl2N4O3/c21-14-2-4-15(5-3-14)25-20(29)26(16-7-9-23-10-8-16)19-17(22)11-13(12-24-19)1-6-18(27)28/h1-6,11-12,16,23H,7-10H2,(H,25,29)(H,27,28). The SMILES string of the molecule is O=C(O)C=Cc1cnc(N(C(=O)Nc2ccc(Cl)cc2)C2CCNCC2)c(Cl)c1. The molecule has 3 N–H and O–H groups in total. The van der Waals surface area contributed by atoms with E-state index in [0.717, 1.165) is 32.0 Å². The van der Waals surface area contributed by atoms with Crippen LogP contribution in [0.1, 0.15) is 18.4 Å². The Morgan fingerprint density at radius 3 is 2.52 bits per heavy atom. The lowest BCUT2D eigenvalue weighted by Gasteiger charge is -2.34. The van der Waals surface area contributed by atoms with E-state index in [1.165, 1.54) is 12.3 Å². The zero-order chi connectivity index (χ0) is 20.8. The van der Waals surface area contributed by atoms with Crippen molar-refractivity contribution in [2.24, 2.45) is 0 Å². The molecule has 1 aromatic carbocycles. The van der Waals surface area contributed by atoms with E-state index < -0.39 is 5.97 Å². The number of aliphatic carboxylic acids is 1. The fourth-order valence-electron chi connectivity index (χ4n) is 3.10. The maximum atomic E-state index is 13.1. The fourth-order valence-corrected chi connectivity index (χ4v) is 3.49. The number of piperidine rings is 1. The summed E-state index contributed by atoms with van der Waals surface area (Å²) in [4.78, 5) is 29.8. The van der Waals surface area contributed by atoms with Crippen molar-refractivity contribution < 1.29 is 14.7 Å². The zero-order valence-electron chi connectivity index (χ0n) is 15.4. The van der Waals surface area contributed by atoms with E-state index in [-0.39, 0.29) is 17.1 Å². The minimum atomic E-state index is -1.07. The Morgan fingerprint density at radius 1 is 1.21 bits per heavy atom. The van der Waals surface area contributed by atoms with Crippen LogP contribution < -0.4 is 15.5 Å². The Balaban J connectivity index is 1.89. The Labute approximate surface area is 178 Å². The maximum Gasteiger partial charge on any atom is 0.328 e. The van der Waals surface area contributed by atoms with Crippen molar-refractivity contribution in [3.8, 4) is 0 Å². The summed E-state index contributed by atoms with van der Waals surface area (Å²) in [6.07, 6.45) is 5.40. The zero-order valence-corrected chi connectivity index (χ0v) is 17.0. The number of rotatable bonds is 5. The highest BCUT2D eigenvalue weighted by Crippen LogP contribution is 2.29. The van der Waals surface area contributed by atoms with Gasteiger partial charge in [-0.2, -0.15) is 0 Å². The number of benzene rings is 1. The molecule has 1 aromatic heterocycles. The third-order valence-corrected chi connectivity index (χ3v) is 5.01. The first kappa shape index (κ1) is 21.1. The number of anilines is 2. The number of nitrogens with one attached hydrogen (secondary N) is 2. The lowest BCUT2D eigenvalue weighted by atomic mass is 10.0. The number of urea groups is 1. The highest BCUT2D eigenvalue weighted by atomic mass is 35.5. The molecule has 0 unspecified atom stereocenters. The summed E-state index contributed by atoms with van der Waals surface area (Å²) in [7, 11) is 0. The van der Waals surface area contributed by atoms with Crippen LogP contribution in [-0.2, 0) is 4.79 Å². The summed E-state index contributed by atoms with van der Waals surface area (Å²) in [6.45, 7) is 1.57. The molecule has 1 aliphatic heterocycles. The number of hydrogen-bond acceptors (Lipinski definition) is 4. The number of halogens is 2. The van der Waals surface area contributed by atoms with Gasteiger partial charge in [-0.25, -0.2) is 14.6 Å². The van der Waals surface area contributed by atoms with Crippen LogP contribution in [0, 0.1) is 0 Å². The number of carboxylic acids is 1. The molecule has 1 aliphatic rings. The highest BCUT2D eigenvalue weighted by molar-refractivity contribution is 6.33. The molecule has 0 radical (unpaired) electrons. The second kappa shape index (κ2) is 9.73. The van der Waals surface area contributed by atoms with Gasteiger partial charge in [0.25, 0.3) is 0 Å². The quantitative estimate of drug-likeness (QED) is 0.610. The van der Waals surface area contributed by atoms with E-state index in [4.69, 9.17) is 28.3 Å². The molecule has 2 aromatic rings. The van der Waals surface area contributed by atoms with E-state index in [9.17, 15) is 9.59 Å². The lowest BCUT2D eigenvalue weighted by molar-refractivity contribution is -0.131. The molecule has 9 heteroatoms. The van der Waals surface area contributed by atoms with Crippen molar-refractivity contribution in [2.75, 3.05) is 23.3 Å². The van der Waals surface area contributed by atoms with Crippen molar-refractivity contribution in [3.05, 3.63) is 58.2 Å². The number of pyridine rings is 1. The minimum absolute atomic E-state index is 0.0750. The smallest absolute Gasteiger partial charge is 0.328 e. The Morgan fingerprint density at radius 2 is 1.90 bits per heavy atom. The van der Waals surface area contributed by atoms with Gasteiger partial charge < -0.3 is 15.7 Å². The predicted molar refractivity (Wildman–Crippen MR) is 115 cm³/mol. The molecular formula is C20H20Cl2N4O3. The van der Waals surface area contributed by atoms with E-state index in [2.05, 4.69) is 15.6 Å². The van der Waals surface area contributed by atoms with Crippen LogP contribution in [-0.4, -0.2) is 41.2 Å². The van der Waals surface area contributed by atoms with Crippen LogP contribution in [0.15, 0.2) is 42.6 Å². The molecule has 7 nitrogen and oxygen atoms in total. The van der Waals surface area contributed by atoms with Crippen LogP contribution in [0.2, 0.25) is 10.0 Å². The third-order valence-electron chi connectivity index (χ3n) is 4.48. The van der Waals surface area contributed by atoms with Gasteiger partial charge in [-0.05, 0) is 67.9 Å². The normalized spacial score (nSPS) is 14.7. The van der Waals surface area contributed by atoms with Crippen LogP contribution in [0.25, 0.3) is 6.08 Å². The van der Waals surface area contributed by atoms with Gasteiger partial charge in [0.1, 0.15) is 0 Å². The van der Waals surface area contributed by atoms with Gasteiger partial charge in [-0.3, -0.25) is 4.90 Å². The van der Waals surface area contributed by atoms with Crippen LogP contribution in [0.5, 0.6) is 0 Å². The van der Waals surface area contributed by atoms with Crippen molar-refractivity contribution in [1.29, 1.82) is 0 Å². The first-order valence-electron chi connectivity index (χ1n) is 9.07. The fraction of sp³-hybridized carbons (Fsp3) is 0.250. The number of hydrogen-bond donors (Lipinski definition) is 3. The predicted octanol–water partition coefficient (Wildman–Crippen LogP) is 4.28. The largest absolute Gasteiger partial charge is 0.478 e. The summed E-state index contributed by atoms with van der Waals surface area (Å²) in [5.41, 5.74) is 1.14. The molecule has 0 aliphatic carbocycles. The minimum Gasteiger partial charge on any atom is -0.478 e. The van der Waals surface area contributed by atoms with Crippen LogP contribution >= 0.6 is 23.2 Å². The Bertz CT molecular complexity index is 912. The molecule has 0 saturated carbocycles. The summed E-state index contributed by atoms with van der Waals surface area (Å²) in [5.74, 6) is -0.735. The van der Waals surface area contributed by atoms with Gasteiger partial charge >= 0.3 is 12.0 Å². The van der Waals surface area contributed by atoms with Crippen molar-refractivity contribution in [3.63, 3.8) is 0 Å². The number of carboxylic acid groups (broad SMARTS) is 1. The highest BCUT2D eigenvalue weighted by Gasteiger charge is 2.29. The van der Waals surface area contributed by atoms with Crippen LogP contribution in [0.3, 0.4) is 0 Å². The molecule has 29 heavy (non-hydrogen) atoms. The van der Waals surface area contributed by atoms with Gasteiger partial charge in [0, 0.05) is 29.0 Å². The van der Waals surface area contributed by atoms with E-state index >= 15 is 0 Å². The van der Waals surface area contributed by atoms with E-state index in [1.54, 1.807) is 35.2 Å². The number of nitrogens with zero attached hydrogens (tertiary/aromatic N) is 2. The summed E-state index contributed by atoms with van der Waals surface area (Å²) in [6, 6.07) is 8.00. The van der Waals surface area contributed by atoms with Gasteiger partial charge in [0.05, 0.1) is 5.02 Å². The topological polar surface area (TPSA) is 94.6 Å². The second-order valence-corrected chi connectivity index (χ2v) is 7.38. The summed E-state index contributed by atoms with van der Waals surface area (Å²) in [5, 5.41) is 15.8. The molecule has 2 amide bonds. The number of amides is 2. The Hall–Kier alpha value is -2.61. The Kier molecular flexibility index (Phi) is 7.09. The van der Waals surface area contributed by atoms with E-state index in [1.807, 2.05) is 0 Å². The number of carbonyl (C=O) groups excluding carboxylic acids is 1. The molecule has 0 bridgehead atoms. The van der Waals surface area contributed by atoms with Crippen molar-refractivity contribution in [1.82, 2.24) is 10.3 Å². The number of carbonyl (C=O) groups is 2. The van der Waals surface area contributed by atoms with Crippen molar-refractivity contribution in [2.45, 2.75) is 18.9 Å². The van der Waals surface area contributed by atoms with Gasteiger partial charge in [0.15, 0.2) is 5.82 Å². The van der Waals surface area contributed by atoms with Gasteiger partial charge in [-0.1, -0.05) is 23.2 Å². The average molecular weight is 435 g/mol. The first-order valence-corrected chi connectivity index (χ1v) is 9.82. The molecule has 152 valence electrons. The number of aromatic nitrogens is 1. The maximum absolute atomic E-state index is 13.1. The average Bonchev–Trinajstić information content (AvgIpc) is 2.70. The van der Waals surface area contributed by atoms with Crippen molar-refractivity contribution >= 4 is 52.8 Å². The second-order valence-electron chi connectivity index (χ2n) is 6.53. The third kappa shape index (κ3) is 5.69. The van der Waals surface area contributed by atoms with Gasteiger partial charge in [0.2, 0.25) is 0 Å². The van der Waals surface area contributed by atoms with Crippen LogP contribution in [0.4, 0.5) is 16.3 Å². The molecule has 0 spiro atoms. The molecule has 1 fully saturated rings.